The van der Waals surface area contributed by atoms with Crippen molar-refractivity contribution < 1.29 is 4.79 Å². The fraction of sp³-hybridized carbons (Fsp3) is 0.400. The summed E-state index contributed by atoms with van der Waals surface area (Å²) in [6.07, 6.45) is 9.54. The molecule has 12 heavy (non-hydrogen) atoms. The molecular formula is C10H13NO. The van der Waals surface area contributed by atoms with Gasteiger partial charge in [0.15, 0.2) is 5.78 Å². The quantitative estimate of drug-likeness (QED) is 0.354. The van der Waals surface area contributed by atoms with Gasteiger partial charge in [-0.15, -0.1) is 0 Å². The Hall–Kier alpha value is -1.36. The number of allylic oxidation sites excluding steroid dienone is 4. The van der Waals surface area contributed by atoms with Crippen LogP contribution in [0.1, 0.15) is 26.2 Å². The first-order valence-electron chi connectivity index (χ1n) is 3.99. The van der Waals surface area contributed by atoms with E-state index in [1.165, 1.54) is 13.0 Å². The van der Waals surface area contributed by atoms with Gasteiger partial charge in [0.25, 0.3) is 0 Å². The van der Waals surface area contributed by atoms with Crippen molar-refractivity contribution in [1.82, 2.24) is 0 Å². The summed E-state index contributed by atoms with van der Waals surface area (Å²) >= 11 is 0. The van der Waals surface area contributed by atoms with E-state index in [0.29, 0.717) is 0 Å². The lowest BCUT2D eigenvalue weighted by atomic mass is 10.2. The normalized spacial score (nSPS) is 10.7. The number of hydrogen-bond donors (Lipinski definition) is 0. The van der Waals surface area contributed by atoms with E-state index in [-0.39, 0.29) is 5.78 Å². The van der Waals surface area contributed by atoms with Crippen molar-refractivity contribution in [3.05, 3.63) is 24.3 Å². The second-order valence-corrected chi connectivity index (χ2v) is 2.48. The van der Waals surface area contributed by atoms with Gasteiger partial charge in [-0.05, 0) is 32.3 Å². The third kappa shape index (κ3) is 8.64. The predicted octanol–water partition coefficient (Wildman–Crippen LogP) is 2.38. The summed E-state index contributed by atoms with van der Waals surface area (Å²) in [4.78, 5) is 10.4. The molecule has 0 amide bonds. The molecule has 2 heteroatoms. The first-order valence-corrected chi connectivity index (χ1v) is 3.99. The number of carbonyl (C=O) groups excluding carboxylic acids is 1. The van der Waals surface area contributed by atoms with Crippen LogP contribution in [0.4, 0.5) is 0 Å². The second kappa shape index (κ2) is 7.74. The molecule has 0 fully saturated rings. The first-order chi connectivity index (χ1) is 5.77. The predicted molar refractivity (Wildman–Crippen MR) is 48.4 cm³/mol. The van der Waals surface area contributed by atoms with Crippen molar-refractivity contribution in [3.63, 3.8) is 0 Å². The molecule has 0 bridgehead atoms. The van der Waals surface area contributed by atoms with Crippen LogP contribution in [-0.4, -0.2) is 5.78 Å². The Labute approximate surface area is 73.2 Å². The van der Waals surface area contributed by atoms with Crippen molar-refractivity contribution in [2.45, 2.75) is 26.2 Å². The van der Waals surface area contributed by atoms with E-state index < -0.39 is 0 Å². The molecule has 0 heterocycles. The van der Waals surface area contributed by atoms with E-state index in [1.54, 1.807) is 6.08 Å². The SMILES string of the molecule is CC(=O)/C=C/CCC/C=C/C#N. The van der Waals surface area contributed by atoms with Crippen LogP contribution in [0.25, 0.3) is 0 Å². The summed E-state index contributed by atoms with van der Waals surface area (Å²) in [6.45, 7) is 1.53. The minimum atomic E-state index is 0.0857. The molecule has 0 spiro atoms. The Morgan fingerprint density at radius 1 is 1.42 bits per heavy atom. The molecule has 0 saturated heterocycles. The summed E-state index contributed by atoms with van der Waals surface area (Å²) in [5.74, 6) is 0.0857. The summed E-state index contributed by atoms with van der Waals surface area (Å²) in [6, 6.07) is 1.92. The average Bonchev–Trinajstić information content (AvgIpc) is 2.02. The van der Waals surface area contributed by atoms with E-state index in [4.69, 9.17) is 5.26 Å². The van der Waals surface area contributed by atoms with Crippen LogP contribution >= 0.6 is 0 Å². The molecule has 0 aliphatic rings. The highest BCUT2D eigenvalue weighted by Crippen LogP contribution is 1.97. The topological polar surface area (TPSA) is 40.9 Å². The van der Waals surface area contributed by atoms with Gasteiger partial charge in [0.05, 0.1) is 6.07 Å². The maximum absolute atomic E-state index is 10.4. The van der Waals surface area contributed by atoms with Gasteiger partial charge in [0, 0.05) is 6.08 Å². The zero-order valence-corrected chi connectivity index (χ0v) is 7.29. The monoisotopic (exact) mass is 163 g/mol. The fourth-order valence-electron chi connectivity index (χ4n) is 0.739. The minimum Gasteiger partial charge on any atom is -0.295 e. The van der Waals surface area contributed by atoms with E-state index in [1.807, 2.05) is 18.2 Å². The van der Waals surface area contributed by atoms with Gasteiger partial charge in [0.2, 0.25) is 0 Å². The van der Waals surface area contributed by atoms with E-state index in [0.717, 1.165) is 19.3 Å². The third-order valence-corrected chi connectivity index (χ3v) is 1.29. The van der Waals surface area contributed by atoms with Crippen LogP contribution in [0, 0.1) is 11.3 Å². The van der Waals surface area contributed by atoms with Crippen molar-refractivity contribution in [2.24, 2.45) is 0 Å². The van der Waals surface area contributed by atoms with E-state index in [9.17, 15) is 4.79 Å². The number of ketones is 1. The molecule has 0 N–H and O–H groups in total. The minimum absolute atomic E-state index is 0.0857. The molecular weight excluding hydrogens is 150 g/mol. The Morgan fingerprint density at radius 3 is 2.67 bits per heavy atom. The van der Waals surface area contributed by atoms with Gasteiger partial charge in [-0.2, -0.15) is 5.26 Å². The zero-order valence-electron chi connectivity index (χ0n) is 7.29. The molecule has 0 unspecified atom stereocenters. The summed E-state index contributed by atoms with van der Waals surface area (Å²) in [5.41, 5.74) is 0. The van der Waals surface area contributed by atoms with Gasteiger partial charge in [-0.3, -0.25) is 4.79 Å². The van der Waals surface area contributed by atoms with Gasteiger partial charge in [-0.25, -0.2) is 0 Å². The molecule has 0 saturated carbocycles. The molecule has 0 aromatic rings. The zero-order chi connectivity index (χ0) is 9.23. The maximum atomic E-state index is 10.4. The number of rotatable bonds is 5. The lowest BCUT2D eigenvalue weighted by Crippen LogP contribution is -1.79. The Morgan fingerprint density at radius 2 is 2.08 bits per heavy atom. The largest absolute Gasteiger partial charge is 0.295 e. The van der Waals surface area contributed by atoms with Crippen molar-refractivity contribution in [2.75, 3.05) is 0 Å². The fourth-order valence-corrected chi connectivity index (χ4v) is 0.739. The molecule has 0 radical (unpaired) electrons. The Kier molecular flexibility index (Phi) is 6.87. The van der Waals surface area contributed by atoms with Crippen molar-refractivity contribution in [3.8, 4) is 6.07 Å². The van der Waals surface area contributed by atoms with Crippen molar-refractivity contribution in [1.29, 1.82) is 5.26 Å². The molecule has 0 rings (SSSR count). The second-order valence-electron chi connectivity index (χ2n) is 2.48. The Bertz CT molecular complexity index is 220. The van der Waals surface area contributed by atoms with Crippen molar-refractivity contribution >= 4 is 5.78 Å². The molecule has 64 valence electrons. The molecule has 0 aliphatic carbocycles. The molecule has 0 aromatic heterocycles. The molecule has 0 atom stereocenters. The third-order valence-electron chi connectivity index (χ3n) is 1.29. The van der Waals surface area contributed by atoms with Crippen LogP contribution < -0.4 is 0 Å². The summed E-state index contributed by atoms with van der Waals surface area (Å²) in [5, 5.41) is 8.15. The van der Waals surface area contributed by atoms with Gasteiger partial charge in [0.1, 0.15) is 0 Å². The molecule has 2 nitrogen and oxygen atoms in total. The van der Waals surface area contributed by atoms with Crippen LogP contribution in [0.2, 0.25) is 0 Å². The van der Waals surface area contributed by atoms with Gasteiger partial charge < -0.3 is 0 Å². The van der Waals surface area contributed by atoms with Crippen LogP contribution in [-0.2, 0) is 4.79 Å². The first kappa shape index (κ1) is 10.6. The highest BCUT2D eigenvalue weighted by Gasteiger charge is 1.82. The maximum Gasteiger partial charge on any atom is 0.152 e. The van der Waals surface area contributed by atoms with E-state index in [2.05, 4.69) is 0 Å². The highest BCUT2D eigenvalue weighted by atomic mass is 16.1. The number of nitrogens with zero attached hydrogens (tertiary/aromatic N) is 1. The standard InChI is InChI=1S/C10H13NO/c1-10(12)8-6-4-2-3-5-7-9-11/h5-8H,2-4H2,1H3/b7-5+,8-6+. The number of unbranched alkanes of at least 4 members (excludes halogenated alkanes) is 2. The lowest BCUT2D eigenvalue weighted by molar-refractivity contribution is -0.112. The highest BCUT2D eigenvalue weighted by molar-refractivity contribution is 5.87. The Balaban J connectivity index is 3.28. The smallest absolute Gasteiger partial charge is 0.152 e. The van der Waals surface area contributed by atoms with Gasteiger partial charge in [-0.1, -0.05) is 12.2 Å². The average molecular weight is 163 g/mol. The summed E-state index contributed by atoms with van der Waals surface area (Å²) < 4.78 is 0. The summed E-state index contributed by atoms with van der Waals surface area (Å²) in [7, 11) is 0. The van der Waals surface area contributed by atoms with E-state index >= 15 is 0 Å². The lowest BCUT2D eigenvalue weighted by Gasteiger charge is -1.87. The van der Waals surface area contributed by atoms with Crippen LogP contribution in [0.15, 0.2) is 24.3 Å². The number of carbonyl (C=O) groups is 1. The molecule has 0 aliphatic heterocycles. The van der Waals surface area contributed by atoms with Gasteiger partial charge >= 0.3 is 0 Å². The number of nitriles is 1. The van der Waals surface area contributed by atoms with Crippen LogP contribution in [0.5, 0.6) is 0 Å². The van der Waals surface area contributed by atoms with Crippen LogP contribution in [0.3, 0.4) is 0 Å². The molecule has 0 aromatic carbocycles. The number of hydrogen-bond acceptors (Lipinski definition) is 2.